The highest BCUT2D eigenvalue weighted by molar-refractivity contribution is 7.56. The number of rotatable bonds is 3. The second kappa shape index (κ2) is 4.42. The average molecular weight is 214 g/mol. The lowest BCUT2D eigenvalue weighted by Gasteiger charge is -2.01. The van der Waals surface area contributed by atoms with Gasteiger partial charge in [-0.3, -0.25) is 4.57 Å². The average Bonchev–Trinajstić information content (AvgIpc) is 2.14. The highest BCUT2D eigenvalue weighted by Gasteiger charge is 2.18. The topological polar surface area (TPSA) is 77.8 Å². The lowest BCUT2D eigenvalue weighted by molar-refractivity contribution is 0.336. The van der Waals surface area contributed by atoms with E-state index < -0.39 is 13.1 Å². The Morgan fingerprint density at radius 3 is 2.36 bits per heavy atom. The van der Waals surface area contributed by atoms with Crippen molar-refractivity contribution in [1.82, 2.24) is 0 Å². The number of hydrogen-bond acceptors (Lipinski definition) is 2. The van der Waals surface area contributed by atoms with Crippen molar-refractivity contribution in [3.8, 4) is 0 Å². The van der Waals surface area contributed by atoms with E-state index in [0.717, 1.165) is 11.6 Å². The van der Waals surface area contributed by atoms with Crippen LogP contribution in [0, 0.1) is 0 Å². The summed E-state index contributed by atoms with van der Waals surface area (Å²) in [6, 6.07) is 9.10. The molecular formula is C9H11O4P. The molecule has 0 aliphatic heterocycles. The first kappa shape index (κ1) is 11.0. The molecule has 0 fully saturated rings. The number of aliphatic hydroxyl groups is 1. The van der Waals surface area contributed by atoms with E-state index in [2.05, 4.69) is 0 Å². The zero-order chi connectivity index (χ0) is 10.6. The van der Waals surface area contributed by atoms with Crippen LogP contribution in [0.5, 0.6) is 0 Å². The maximum absolute atomic E-state index is 10.5. The Kier molecular flexibility index (Phi) is 3.47. The zero-order valence-corrected chi connectivity index (χ0v) is 8.26. The molecule has 0 heterocycles. The Morgan fingerprint density at radius 2 is 1.86 bits per heavy atom. The minimum atomic E-state index is -4.48. The van der Waals surface area contributed by atoms with Gasteiger partial charge >= 0.3 is 7.60 Å². The van der Waals surface area contributed by atoms with Crippen molar-refractivity contribution in [2.24, 2.45) is 0 Å². The molecule has 0 radical (unpaired) electrons. The highest BCUT2D eigenvalue weighted by Crippen LogP contribution is 2.42. The van der Waals surface area contributed by atoms with Crippen molar-refractivity contribution in [2.75, 3.05) is 0 Å². The normalized spacial score (nSPS) is 12.9. The molecule has 3 N–H and O–H groups in total. The van der Waals surface area contributed by atoms with E-state index in [0.29, 0.717) is 6.42 Å². The molecule has 0 unspecified atom stereocenters. The molecule has 0 spiro atoms. The molecule has 0 aliphatic carbocycles. The Bertz CT molecular complexity index is 366. The van der Waals surface area contributed by atoms with Gasteiger partial charge < -0.3 is 14.9 Å². The Morgan fingerprint density at radius 1 is 1.29 bits per heavy atom. The Labute approximate surface area is 81.7 Å². The SMILES string of the molecule is O=P(O)(O)C(O)=CCc1ccccc1. The molecule has 1 rings (SSSR count). The van der Waals surface area contributed by atoms with Crippen LogP contribution in [-0.2, 0) is 11.0 Å². The first-order valence-electron chi connectivity index (χ1n) is 3.99. The van der Waals surface area contributed by atoms with Gasteiger partial charge in [-0.1, -0.05) is 30.3 Å². The molecule has 0 saturated heterocycles. The number of allylic oxidation sites excluding steroid dienone is 1. The third-order valence-electron chi connectivity index (χ3n) is 1.66. The van der Waals surface area contributed by atoms with Gasteiger partial charge in [-0.15, -0.1) is 0 Å². The van der Waals surface area contributed by atoms with E-state index in [9.17, 15) is 4.57 Å². The molecule has 5 heteroatoms. The fourth-order valence-corrected chi connectivity index (χ4v) is 1.27. The van der Waals surface area contributed by atoms with Crippen LogP contribution in [0.2, 0.25) is 0 Å². The van der Waals surface area contributed by atoms with E-state index in [-0.39, 0.29) is 0 Å². The minimum Gasteiger partial charge on any atom is -0.501 e. The predicted octanol–water partition coefficient (Wildman–Crippen LogP) is 1.81. The first-order chi connectivity index (χ1) is 6.50. The second-order valence-electron chi connectivity index (χ2n) is 2.80. The van der Waals surface area contributed by atoms with E-state index in [4.69, 9.17) is 14.9 Å². The fourth-order valence-electron chi connectivity index (χ4n) is 0.942. The molecule has 0 saturated carbocycles. The minimum absolute atomic E-state index is 0.303. The summed E-state index contributed by atoms with van der Waals surface area (Å²) in [5.74, 6) is 0. The van der Waals surface area contributed by atoms with Crippen LogP contribution in [0.4, 0.5) is 0 Å². The summed E-state index contributed by atoms with van der Waals surface area (Å²) < 4.78 is 10.5. The maximum Gasteiger partial charge on any atom is 0.389 e. The molecule has 1 aromatic carbocycles. The molecule has 0 aromatic heterocycles. The maximum atomic E-state index is 10.5. The predicted molar refractivity (Wildman–Crippen MR) is 52.9 cm³/mol. The summed E-state index contributed by atoms with van der Waals surface area (Å²) in [6.07, 6.45) is 1.42. The van der Waals surface area contributed by atoms with Gasteiger partial charge in [-0.05, 0) is 18.1 Å². The van der Waals surface area contributed by atoms with E-state index in [1.165, 1.54) is 0 Å². The summed E-state index contributed by atoms with van der Waals surface area (Å²) >= 11 is 0. The van der Waals surface area contributed by atoms with Crippen LogP contribution in [0.1, 0.15) is 5.56 Å². The monoisotopic (exact) mass is 214 g/mol. The molecule has 0 aliphatic rings. The highest BCUT2D eigenvalue weighted by atomic mass is 31.2. The Hall–Kier alpha value is -1.09. The molecule has 14 heavy (non-hydrogen) atoms. The summed E-state index contributed by atoms with van der Waals surface area (Å²) in [4.78, 5) is 17.1. The standard InChI is InChI=1S/C9H11O4P/c10-9(14(11,12)13)7-6-8-4-2-1-3-5-8/h1-5,7,10H,6H2,(H2,11,12,13). The molecular weight excluding hydrogens is 203 g/mol. The second-order valence-corrected chi connectivity index (χ2v) is 4.34. The van der Waals surface area contributed by atoms with Gasteiger partial charge in [0.05, 0.1) is 0 Å². The molecule has 76 valence electrons. The van der Waals surface area contributed by atoms with Crippen molar-refractivity contribution in [2.45, 2.75) is 6.42 Å². The number of hydrogen-bond donors (Lipinski definition) is 3. The largest absolute Gasteiger partial charge is 0.501 e. The van der Waals surface area contributed by atoms with Gasteiger partial charge in [0.1, 0.15) is 0 Å². The van der Waals surface area contributed by atoms with Crippen molar-refractivity contribution in [3.05, 3.63) is 47.5 Å². The molecule has 0 bridgehead atoms. The lowest BCUT2D eigenvalue weighted by Crippen LogP contribution is -1.86. The van der Waals surface area contributed by atoms with Crippen molar-refractivity contribution in [3.63, 3.8) is 0 Å². The first-order valence-corrected chi connectivity index (χ1v) is 5.60. The van der Waals surface area contributed by atoms with Crippen LogP contribution in [-0.4, -0.2) is 14.9 Å². The molecule has 0 atom stereocenters. The van der Waals surface area contributed by atoms with Crippen LogP contribution in [0.15, 0.2) is 41.9 Å². The number of aliphatic hydroxyl groups excluding tert-OH is 1. The summed E-state index contributed by atoms with van der Waals surface area (Å²) in [5.41, 5.74) is 0.00820. The molecule has 0 amide bonds. The smallest absolute Gasteiger partial charge is 0.389 e. The van der Waals surface area contributed by atoms with Crippen LogP contribution in [0.25, 0.3) is 0 Å². The summed E-state index contributed by atoms with van der Waals surface area (Å²) in [7, 11) is -4.48. The van der Waals surface area contributed by atoms with Crippen LogP contribution in [0.3, 0.4) is 0 Å². The van der Waals surface area contributed by atoms with Crippen LogP contribution >= 0.6 is 7.60 Å². The van der Waals surface area contributed by atoms with E-state index in [1.807, 2.05) is 30.3 Å². The van der Waals surface area contributed by atoms with E-state index in [1.54, 1.807) is 0 Å². The molecule has 1 aromatic rings. The summed E-state index contributed by atoms with van der Waals surface area (Å²) in [6.45, 7) is 0. The van der Waals surface area contributed by atoms with Gasteiger partial charge in [0.15, 0.2) is 0 Å². The van der Waals surface area contributed by atoms with Gasteiger partial charge in [0, 0.05) is 0 Å². The zero-order valence-electron chi connectivity index (χ0n) is 7.37. The van der Waals surface area contributed by atoms with E-state index >= 15 is 0 Å². The fraction of sp³-hybridized carbons (Fsp3) is 0.111. The number of benzene rings is 1. The quantitative estimate of drug-likeness (QED) is 0.529. The Balaban J connectivity index is 2.69. The third kappa shape index (κ3) is 3.34. The van der Waals surface area contributed by atoms with Crippen molar-refractivity contribution < 1.29 is 19.5 Å². The molecule has 4 nitrogen and oxygen atoms in total. The van der Waals surface area contributed by atoms with Gasteiger partial charge in [0.2, 0.25) is 5.50 Å². The van der Waals surface area contributed by atoms with Crippen molar-refractivity contribution >= 4 is 7.60 Å². The van der Waals surface area contributed by atoms with Gasteiger partial charge in [-0.25, -0.2) is 0 Å². The van der Waals surface area contributed by atoms with Crippen LogP contribution < -0.4 is 0 Å². The lowest BCUT2D eigenvalue weighted by atomic mass is 10.2. The van der Waals surface area contributed by atoms with Crippen molar-refractivity contribution in [1.29, 1.82) is 0 Å². The summed E-state index contributed by atoms with van der Waals surface area (Å²) in [5, 5.41) is 8.95. The van der Waals surface area contributed by atoms with Gasteiger partial charge in [0.25, 0.3) is 0 Å². The van der Waals surface area contributed by atoms with Gasteiger partial charge in [-0.2, -0.15) is 0 Å². The third-order valence-corrected chi connectivity index (χ3v) is 2.44.